The average molecular weight is 406 g/mol. The second-order valence-electron chi connectivity index (χ2n) is 6.20. The molecule has 0 saturated heterocycles. The molecule has 0 aliphatic carbocycles. The number of aromatic nitrogens is 2. The third-order valence-electron chi connectivity index (χ3n) is 4.18. The molecule has 0 atom stereocenters. The van der Waals surface area contributed by atoms with Gasteiger partial charge in [0.2, 0.25) is 0 Å². The molecule has 27 heavy (non-hydrogen) atoms. The molecule has 6 nitrogen and oxygen atoms in total. The topological polar surface area (TPSA) is 73.2 Å². The fourth-order valence-corrected chi connectivity index (χ4v) is 4.54. The van der Waals surface area contributed by atoms with Gasteiger partial charge in [-0.15, -0.1) is 0 Å². The molecule has 142 valence electrons. The van der Waals surface area contributed by atoms with E-state index in [0.29, 0.717) is 22.2 Å². The molecule has 0 aliphatic heterocycles. The summed E-state index contributed by atoms with van der Waals surface area (Å²) in [5, 5.41) is 4.82. The standard InChI is InChI=1S/C19H20ClN3O3S/c1-12-5-8-16(9-6-12)23-14(3)19(13(2)21-23)27(24,25)22-17-11-15(20)7-10-18(17)26-4/h5-11,22H,1-4H3. The van der Waals surface area contributed by atoms with Crippen molar-refractivity contribution >= 4 is 27.3 Å². The summed E-state index contributed by atoms with van der Waals surface area (Å²) in [5.41, 5.74) is 3.10. The maximum absolute atomic E-state index is 13.1. The van der Waals surface area contributed by atoms with E-state index in [1.54, 1.807) is 30.7 Å². The van der Waals surface area contributed by atoms with Gasteiger partial charge in [-0.2, -0.15) is 5.10 Å². The lowest BCUT2D eigenvalue weighted by molar-refractivity contribution is 0.417. The summed E-state index contributed by atoms with van der Waals surface area (Å²) < 4.78 is 35.5. The van der Waals surface area contributed by atoms with Gasteiger partial charge in [0.1, 0.15) is 10.6 Å². The van der Waals surface area contributed by atoms with Crippen molar-refractivity contribution in [3.05, 3.63) is 64.4 Å². The number of nitrogens with one attached hydrogen (secondary N) is 1. The fraction of sp³-hybridized carbons (Fsp3) is 0.211. The minimum absolute atomic E-state index is 0.130. The first-order valence-electron chi connectivity index (χ1n) is 8.22. The number of benzene rings is 2. The SMILES string of the molecule is COc1ccc(Cl)cc1NS(=O)(=O)c1c(C)nn(-c2ccc(C)cc2)c1C. The summed E-state index contributed by atoms with van der Waals surface area (Å²) >= 11 is 6.00. The minimum Gasteiger partial charge on any atom is -0.495 e. The Bertz CT molecular complexity index is 1090. The number of rotatable bonds is 5. The Morgan fingerprint density at radius 1 is 1.07 bits per heavy atom. The average Bonchev–Trinajstić information content (AvgIpc) is 2.90. The molecule has 0 unspecified atom stereocenters. The Hall–Kier alpha value is -2.51. The molecule has 0 bridgehead atoms. The molecule has 0 spiro atoms. The number of nitrogens with zero attached hydrogens (tertiary/aromatic N) is 2. The lowest BCUT2D eigenvalue weighted by Gasteiger charge is -2.12. The first-order valence-corrected chi connectivity index (χ1v) is 10.1. The molecule has 0 amide bonds. The monoisotopic (exact) mass is 405 g/mol. The number of hydrogen-bond donors (Lipinski definition) is 1. The van der Waals surface area contributed by atoms with E-state index >= 15 is 0 Å². The molecule has 0 radical (unpaired) electrons. The van der Waals surface area contributed by atoms with Crippen molar-refractivity contribution in [1.82, 2.24) is 9.78 Å². The summed E-state index contributed by atoms with van der Waals surface area (Å²) in [7, 11) is -2.43. The zero-order valence-electron chi connectivity index (χ0n) is 15.4. The summed E-state index contributed by atoms with van der Waals surface area (Å²) in [6.07, 6.45) is 0. The van der Waals surface area contributed by atoms with Crippen LogP contribution in [0.15, 0.2) is 47.4 Å². The zero-order valence-corrected chi connectivity index (χ0v) is 17.0. The lowest BCUT2D eigenvalue weighted by atomic mass is 10.2. The highest BCUT2D eigenvalue weighted by Gasteiger charge is 2.26. The van der Waals surface area contributed by atoms with Crippen molar-refractivity contribution in [3.63, 3.8) is 0 Å². The van der Waals surface area contributed by atoms with Gasteiger partial charge in [-0.3, -0.25) is 4.72 Å². The number of sulfonamides is 1. The van der Waals surface area contributed by atoms with Crippen molar-refractivity contribution in [1.29, 1.82) is 0 Å². The molecule has 2 aromatic carbocycles. The number of ether oxygens (including phenoxy) is 1. The van der Waals surface area contributed by atoms with E-state index < -0.39 is 10.0 Å². The molecule has 0 saturated carbocycles. The van der Waals surface area contributed by atoms with Crippen LogP contribution in [0.5, 0.6) is 5.75 Å². The molecule has 3 aromatic rings. The van der Waals surface area contributed by atoms with Gasteiger partial charge in [0.25, 0.3) is 10.0 Å². The predicted molar refractivity (Wildman–Crippen MR) is 107 cm³/mol. The van der Waals surface area contributed by atoms with Crippen LogP contribution >= 0.6 is 11.6 Å². The number of hydrogen-bond acceptors (Lipinski definition) is 4. The van der Waals surface area contributed by atoms with E-state index in [1.165, 1.54) is 13.2 Å². The second-order valence-corrected chi connectivity index (χ2v) is 8.25. The van der Waals surface area contributed by atoms with Crippen LogP contribution in [0.3, 0.4) is 0 Å². The van der Waals surface area contributed by atoms with Crippen LogP contribution in [0, 0.1) is 20.8 Å². The molecule has 8 heteroatoms. The molecule has 0 aliphatic rings. The Balaban J connectivity index is 2.05. The highest BCUT2D eigenvalue weighted by molar-refractivity contribution is 7.92. The Kier molecular flexibility index (Phi) is 5.17. The summed E-state index contributed by atoms with van der Waals surface area (Å²) in [4.78, 5) is 0.130. The molecule has 1 aromatic heterocycles. The molecule has 1 heterocycles. The van der Waals surface area contributed by atoms with Crippen molar-refractivity contribution in [2.24, 2.45) is 0 Å². The van der Waals surface area contributed by atoms with E-state index in [1.807, 2.05) is 31.2 Å². The largest absolute Gasteiger partial charge is 0.495 e. The quantitative estimate of drug-likeness (QED) is 0.688. The molecule has 1 N–H and O–H groups in total. The van der Waals surface area contributed by atoms with Gasteiger partial charge in [-0.25, -0.2) is 13.1 Å². The first-order chi connectivity index (χ1) is 12.7. The van der Waals surface area contributed by atoms with E-state index in [2.05, 4.69) is 9.82 Å². The Morgan fingerprint density at radius 2 is 1.74 bits per heavy atom. The van der Waals surface area contributed by atoms with Gasteiger partial charge >= 0.3 is 0 Å². The summed E-state index contributed by atoms with van der Waals surface area (Å²) in [6.45, 7) is 5.38. The first kappa shape index (κ1) is 19.3. The number of halogens is 1. The number of methoxy groups -OCH3 is 1. The van der Waals surface area contributed by atoms with Crippen LogP contribution in [-0.2, 0) is 10.0 Å². The number of aryl methyl sites for hydroxylation is 2. The second kappa shape index (κ2) is 7.25. The Morgan fingerprint density at radius 3 is 2.37 bits per heavy atom. The molecular formula is C19H20ClN3O3S. The third-order valence-corrected chi connectivity index (χ3v) is 6.03. The molecule has 0 fully saturated rings. The molecule has 3 rings (SSSR count). The maximum atomic E-state index is 13.1. The highest BCUT2D eigenvalue weighted by Crippen LogP contribution is 2.31. The van der Waals surface area contributed by atoms with Crippen molar-refractivity contribution < 1.29 is 13.2 Å². The van der Waals surface area contributed by atoms with Crippen molar-refractivity contribution in [3.8, 4) is 11.4 Å². The lowest BCUT2D eigenvalue weighted by Crippen LogP contribution is -2.15. The van der Waals surface area contributed by atoms with Crippen LogP contribution in [0.25, 0.3) is 5.69 Å². The van der Waals surface area contributed by atoms with Gasteiger partial charge < -0.3 is 4.74 Å². The minimum atomic E-state index is -3.89. The smallest absolute Gasteiger partial charge is 0.265 e. The summed E-state index contributed by atoms with van der Waals surface area (Å²) in [6, 6.07) is 12.5. The molecular weight excluding hydrogens is 386 g/mol. The van der Waals surface area contributed by atoms with Crippen LogP contribution in [0.4, 0.5) is 5.69 Å². The van der Waals surface area contributed by atoms with Crippen LogP contribution in [0.2, 0.25) is 5.02 Å². The zero-order chi connectivity index (χ0) is 19.8. The van der Waals surface area contributed by atoms with Gasteiger partial charge in [0, 0.05) is 5.02 Å². The van der Waals surface area contributed by atoms with E-state index in [-0.39, 0.29) is 10.6 Å². The van der Waals surface area contributed by atoms with Crippen molar-refractivity contribution in [2.45, 2.75) is 25.7 Å². The van der Waals surface area contributed by atoms with Crippen molar-refractivity contribution in [2.75, 3.05) is 11.8 Å². The highest BCUT2D eigenvalue weighted by atomic mass is 35.5. The maximum Gasteiger partial charge on any atom is 0.265 e. The van der Waals surface area contributed by atoms with E-state index in [0.717, 1.165) is 11.3 Å². The fourth-order valence-electron chi connectivity index (χ4n) is 2.91. The van der Waals surface area contributed by atoms with Gasteiger partial charge in [0.15, 0.2) is 0 Å². The van der Waals surface area contributed by atoms with Crippen LogP contribution in [-0.4, -0.2) is 25.3 Å². The van der Waals surface area contributed by atoms with Gasteiger partial charge in [-0.05, 0) is 51.1 Å². The normalized spacial score (nSPS) is 11.4. The van der Waals surface area contributed by atoms with Crippen LogP contribution in [0.1, 0.15) is 17.0 Å². The van der Waals surface area contributed by atoms with Gasteiger partial charge in [-0.1, -0.05) is 29.3 Å². The summed E-state index contributed by atoms with van der Waals surface area (Å²) in [5.74, 6) is 0.379. The third kappa shape index (κ3) is 3.79. The predicted octanol–water partition coefficient (Wildman–Crippen LogP) is 4.26. The van der Waals surface area contributed by atoms with E-state index in [9.17, 15) is 8.42 Å². The Labute approximate surface area is 163 Å². The van der Waals surface area contributed by atoms with Gasteiger partial charge in [0.05, 0.1) is 29.9 Å². The number of anilines is 1. The van der Waals surface area contributed by atoms with E-state index in [4.69, 9.17) is 16.3 Å². The van der Waals surface area contributed by atoms with Crippen LogP contribution < -0.4 is 9.46 Å².